The highest BCUT2D eigenvalue weighted by Crippen LogP contribution is 2.41. The summed E-state index contributed by atoms with van der Waals surface area (Å²) < 4.78 is 1.15. The third kappa shape index (κ3) is 2.81. The quantitative estimate of drug-likeness (QED) is 0.408. The zero-order chi connectivity index (χ0) is 16.7. The van der Waals surface area contributed by atoms with Crippen molar-refractivity contribution in [3.63, 3.8) is 0 Å². The average molecular weight is 356 g/mol. The number of thioether (sulfide) groups is 2. The number of hydrogen-bond acceptors (Lipinski definition) is 7. The Balaban J connectivity index is 1.76. The van der Waals surface area contributed by atoms with E-state index in [2.05, 4.69) is 10.2 Å². The van der Waals surface area contributed by atoms with E-state index in [-0.39, 0.29) is 22.2 Å². The Morgan fingerprint density at radius 3 is 2.91 bits per heavy atom. The molecule has 2 aliphatic heterocycles. The van der Waals surface area contributed by atoms with E-state index in [0.717, 1.165) is 4.57 Å². The van der Waals surface area contributed by atoms with Gasteiger partial charge in [0.2, 0.25) is 5.91 Å². The van der Waals surface area contributed by atoms with Crippen LogP contribution in [0.4, 0.5) is 0 Å². The van der Waals surface area contributed by atoms with Crippen LogP contribution >= 0.6 is 23.5 Å². The summed E-state index contributed by atoms with van der Waals surface area (Å²) in [4.78, 5) is 46.8. The van der Waals surface area contributed by atoms with Gasteiger partial charge in [-0.15, -0.1) is 16.9 Å². The third-order valence-corrected chi connectivity index (χ3v) is 6.18. The molecule has 0 spiro atoms. The Kier molecular flexibility index (Phi) is 4.06. The van der Waals surface area contributed by atoms with Crippen LogP contribution in [0.1, 0.15) is 6.42 Å². The highest BCUT2D eigenvalue weighted by atomic mass is 32.2. The van der Waals surface area contributed by atoms with Crippen LogP contribution < -0.4 is 11.1 Å². The van der Waals surface area contributed by atoms with Crippen LogP contribution in [0.2, 0.25) is 0 Å². The van der Waals surface area contributed by atoms with Crippen molar-refractivity contribution in [1.82, 2.24) is 19.7 Å². The van der Waals surface area contributed by atoms with Crippen LogP contribution in [-0.4, -0.2) is 53.0 Å². The van der Waals surface area contributed by atoms with Gasteiger partial charge in [-0.05, 0) is 6.08 Å². The van der Waals surface area contributed by atoms with Gasteiger partial charge in [0.1, 0.15) is 5.70 Å². The van der Waals surface area contributed by atoms with Crippen LogP contribution in [0.5, 0.6) is 0 Å². The molecule has 1 unspecified atom stereocenters. The van der Waals surface area contributed by atoms with Crippen molar-refractivity contribution in [3.8, 4) is 0 Å². The molecule has 23 heavy (non-hydrogen) atoms. The molecule has 122 valence electrons. The lowest BCUT2D eigenvalue weighted by atomic mass is 10.1. The summed E-state index contributed by atoms with van der Waals surface area (Å²) in [5.41, 5.74) is -1.49. The standard InChI is InChI=1S/C12H12N4O5S2/c1-15-10(19)9(18)13-14-12(15)22-4-5-2-6(11(20)21)16-7(17)3-8(16)23-5/h2,5,8H,3-4H2,1H3,(H,13,18)(H,20,21)/t5?,8-/m1/s1. The third-order valence-electron chi connectivity index (χ3n) is 3.48. The normalized spacial score (nSPS) is 23.1. The summed E-state index contributed by atoms with van der Waals surface area (Å²) in [5.74, 6) is -0.855. The molecule has 0 saturated carbocycles. The molecule has 0 aliphatic carbocycles. The number of H-pyrrole nitrogens is 1. The molecule has 9 nitrogen and oxygen atoms in total. The molecule has 1 fully saturated rings. The molecule has 2 aliphatic rings. The van der Waals surface area contributed by atoms with Crippen LogP contribution in [0.15, 0.2) is 26.5 Å². The van der Waals surface area contributed by atoms with Crippen LogP contribution in [0.25, 0.3) is 0 Å². The number of aromatic amines is 1. The number of rotatable bonds is 4. The number of fused-ring (bicyclic) bond motifs is 1. The maximum absolute atomic E-state index is 11.5. The number of amides is 1. The van der Waals surface area contributed by atoms with E-state index in [1.54, 1.807) is 0 Å². The Morgan fingerprint density at radius 1 is 1.52 bits per heavy atom. The monoisotopic (exact) mass is 356 g/mol. The van der Waals surface area contributed by atoms with Crippen molar-refractivity contribution in [2.75, 3.05) is 5.75 Å². The molecular weight excluding hydrogens is 344 g/mol. The topological polar surface area (TPSA) is 125 Å². The largest absolute Gasteiger partial charge is 0.477 e. The Hall–Kier alpha value is -2.01. The summed E-state index contributed by atoms with van der Waals surface area (Å²) in [6.07, 6.45) is 1.86. The second kappa shape index (κ2) is 5.89. The lowest BCUT2D eigenvalue weighted by Gasteiger charge is -2.44. The first kappa shape index (κ1) is 15.9. The van der Waals surface area contributed by atoms with Gasteiger partial charge in [-0.3, -0.25) is 23.9 Å². The number of aromatic nitrogens is 3. The summed E-state index contributed by atoms with van der Waals surface area (Å²) in [6.45, 7) is 0. The molecule has 3 heterocycles. The maximum atomic E-state index is 11.5. The first-order valence-electron chi connectivity index (χ1n) is 6.59. The maximum Gasteiger partial charge on any atom is 0.352 e. The number of carbonyl (C=O) groups is 2. The number of carboxylic acid groups (broad SMARTS) is 1. The van der Waals surface area contributed by atoms with Gasteiger partial charge in [-0.25, -0.2) is 9.89 Å². The zero-order valence-corrected chi connectivity index (χ0v) is 13.5. The molecule has 1 aromatic rings. The first-order valence-corrected chi connectivity index (χ1v) is 8.52. The number of carboxylic acids is 1. The van der Waals surface area contributed by atoms with Crippen molar-refractivity contribution in [2.45, 2.75) is 22.2 Å². The van der Waals surface area contributed by atoms with Crippen LogP contribution in [-0.2, 0) is 16.6 Å². The number of nitrogens with one attached hydrogen (secondary N) is 1. The predicted molar refractivity (Wildman–Crippen MR) is 83.2 cm³/mol. The van der Waals surface area contributed by atoms with Gasteiger partial charge < -0.3 is 5.11 Å². The minimum Gasteiger partial charge on any atom is -0.477 e. The fourth-order valence-electron chi connectivity index (χ4n) is 2.29. The second-order valence-corrected chi connectivity index (χ2v) is 7.37. The van der Waals surface area contributed by atoms with E-state index >= 15 is 0 Å². The van der Waals surface area contributed by atoms with Gasteiger partial charge in [0.05, 0.1) is 11.8 Å². The molecule has 2 N–H and O–H groups in total. The number of hydrogen-bond donors (Lipinski definition) is 2. The lowest BCUT2D eigenvalue weighted by molar-refractivity contribution is -0.146. The van der Waals surface area contributed by atoms with E-state index in [1.165, 1.54) is 41.5 Å². The molecule has 11 heteroatoms. The van der Waals surface area contributed by atoms with Gasteiger partial charge >= 0.3 is 17.1 Å². The predicted octanol–water partition coefficient (Wildman–Crippen LogP) is -0.797. The molecule has 0 aromatic carbocycles. The van der Waals surface area contributed by atoms with Gasteiger partial charge in [-0.1, -0.05) is 11.8 Å². The van der Waals surface area contributed by atoms with E-state index in [4.69, 9.17) is 0 Å². The molecule has 0 radical (unpaired) electrons. The molecular formula is C12H12N4O5S2. The van der Waals surface area contributed by atoms with Crippen molar-refractivity contribution < 1.29 is 14.7 Å². The van der Waals surface area contributed by atoms with Crippen molar-refractivity contribution in [1.29, 1.82) is 0 Å². The number of aliphatic carboxylic acids is 1. The van der Waals surface area contributed by atoms with Crippen LogP contribution in [0, 0.1) is 0 Å². The second-order valence-electron chi connectivity index (χ2n) is 4.96. The van der Waals surface area contributed by atoms with Gasteiger partial charge in [0, 0.05) is 18.1 Å². The van der Waals surface area contributed by atoms with Crippen molar-refractivity contribution >= 4 is 35.4 Å². The number of nitrogens with zero attached hydrogens (tertiary/aromatic N) is 3. The van der Waals surface area contributed by atoms with Gasteiger partial charge in [-0.2, -0.15) is 0 Å². The Bertz CT molecular complexity index is 829. The molecule has 0 bridgehead atoms. The molecule has 1 amide bonds. The summed E-state index contributed by atoms with van der Waals surface area (Å²) in [6, 6.07) is 0. The van der Waals surface area contributed by atoms with Crippen LogP contribution in [0.3, 0.4) is 0 Å². The molecule has 1 aromatic heterocycles. The summed E-state index contributed by atoms with van der Waals surface area (Å²) in [5, 5.41) is 15.2. The first-order chi connectivity index (χ1) is 10.9. The van der Waals surface area contributed by atoms with Crippen molar-refractivity contribution in [2.24, 2.45) is 7.05 Å². The summed E-state index contributed by atoms with van der Waals surface area (Å²) >= 11 is 2.73. The molecule has 2 atom stereocenters. The van der Waals surface area contributed by atoms with E-state index < -0.39 is 17.1 Å². The molecule has 3 rings (SSSR count). The number of β-lactam (4-membered cyclic amide) rings is 1. The highest BCUT2D eigenvalue weighted by Gasteiger charge is 2.45. The fraction of sp³-hybridized carbons (Fsp3) is 0.417. The van der Waals surface area contributed by atoms with Gasteiger partial charge in [0.15, 0.2) is 5.16 Å². The number of carbonyl (C=O) groups excluding carboxylic acids is 1. The minimum absolute atomic E-state index is 0.00100. The van der Waals surface area contributed by atoms with Gasteiger partial charge in [0.25, 0.3) is 0 Å². The highest BCUT2D eigenvalue weighted by molar-refractivity contribution is 8.03. The zero-order valence-electron chi connectivity index (χ0n) is 11.9. The average Bonchev–Trinajstić information content (AvgIpc) is 2.50. The van der Waals surface area contributed by atoms with Crippen molar-refractivity contribution in [3.05, 3.63) is 32.5 Å². The van der Waals surface area contributed by atoms with E-state index in [1.807, 2.05) is 0 Å². The Labute approximate surface area is 137 Å². The van der Waals surface area contributed by atoms with E-state index in [0.29, 0.717) is 17.3 Å². The van der Waals surface area contributed by atoms with E-state index in [9.17, 15) is 24.3 Å². The fourth-order valence-corrected chi connectivity index (χ4v) is 4.81. The smallest absolute Gasteiger partial charge is 0.352 e. The molecule has 1 saturated heterocycles. The summed E-state index contributed by atoms with van der Waals surface area (Å²) in [7, 11) is 1.45. The Morgan fingerprint density at radius 2 is 2.26 bits per heavy atom. The SMILES string of the molecule is Cn1c(SCC2C=C(C(=O)O)N3C(=O)C[C@H]3S2)n[nH]c(=O)c1=O. The lowest BCUT2D eigenvalue weighted by Crippen LogP contribution is -2.54. The minimum atomic E-state index is -1.13.